The Hall–Kier alpha value is -0.610. The van der Waals surface area contributed by atoms with E-state index in [1.807, 2.05) is 0 Å². The van der Waals surface area contributed by atoms with E-state index in [0.717, 1.165) is 18.2 Å². The molecule has 1 aromatic rings. The zero-order chi connectivity index (χ0) is 12.5. The quantitative estimate of drug-likeness (QED) is 0.847. The normalized spacial score (nSPS) is 16.6. The van der Waals surface area contributed by atoms with Crippen LogP contribution in [0.15, 0.2) is 18.2 Å². The van der Waals surface area contributed by atoms with Crippen LogP contribution < -0.4 is 5.32 Å². The minimum absolute atomic E-state index is 0.0284. The predicted molar refractivity (Wildman–Crippen MR) is 69.2 cm³/mol. The summed E-state index contributed by atoms with van der Waals surface area (Å²) in [7, 11) is 0. The minimum Gasteiger partial charge on any atom is -0.351 e. The Morgan fingerprint density at radius 1 is 1.53 bits per heavy atom. The van der Waals surface area contributed by atoms with E-state index in [-0.39, 0.29) is 16.3 Å². The highest BCUT2D eigenvalue weighted by atomic mass is 79.9. The van der Waals surface area contributed by atoms with Crippen LogP contribution in [0.25, 0.3) is 0 Å². The van der Waals surface area contributed by atoms with Crippen molar-refractivity contribution in [3.63, 3.8) is 0 Å². The van der Waals surface area contributed by atoms with Crippen LogP contribution in [0.2, 0.25) is 5.02 Å². The van der Waals surface area contributed by atoms with Crippen molar-refractivity contribution in [2.75, 3.05) is 11.9 Å². The summed E-state index contributed by atoms with van der Waals surface area (Å²) in [6, 6.07) is 3.98. The minimum atomic E-state index is -0.512. The maximum Gasteiger partial charge on any atom is 0.251 e. The third kappa shape index (κ3) is 2.99. The van der Waals surface area contributed by atoms with Gasteiger partial charge in [0, 0.05) is 17.4 Å². The Balaban J connectivity index is 1.97. The van der Waals surface area contributed by atoms with Gasteiger partial charge in [0.1, 0.15) is 5.82 Å². The van der Waals surface area contributed by atoms with Gasteiger partial charge in [0.2, 0.25) is 0 Å². The van der Waals surface area contributed by atoms with E-state index in [4.69, 9.17) is 11.6 Å². The van der Waals surface area contributed by atoms with E-state index in [2.05, 4.69) is 21.2 Å². The number of carbonyl (C=O) groups is 1. The average Bonchev–Trinajstić information content (AvgIpc) is 3.10. The van der Waals surface area contributed by atoms with Gasteiger partial charge >= 0.3 is 0 Å². The molecule has 2 nitrogen and oxygen atoms in total. The number of hydrogen-bond acceptors (Lipinski definition) is 1. The molecule has 0 unspecified atom stereocenters. The SMILES string of the molecule is O=C(NCC1(CBr)CC1)c1ccc(F)c(Cl)c1. The van der Waals surface area contributed by atoms with Crippen molar-refractivity contribution in [2.24, 2.45) is 5.41 Å². The van der Waals surface area contributed by atoms with Crippen LogP contribution in [-0.2, 0) is 0 Å². The molecule has 0 aliphatic heterocycles. The number of rotatable bonds is 4. The first-order chi connectivity index (χ1) is 8.06. The van der Waals surface area contributed by atoms with Gasteiger partial charge in [-0.05, 0) is 36.5 Å². The van der Waals surface area contributed by atoms with Crippen LogP contribution >= 0.6 is 27.5 Å². The number of halogens is 3. The number of hydrogen-bond donors (Lipinski definition) is 1. The van der Waals surface area contributed by atoms with Gasteiger partial charge in [-0.15, -0.1) is 0 Å². The standard InChI is InChI=1S/C12H12BrClFNO/c13-6-12(3-4-12)7-16-11(17)8-1-2-10(15)9(14)5-8/h1-2,5H,3-4,6-7H2,(H,16,17). The van der Waals surface area contributed by atoms with Gasteiger partial charge < -0.3 is 5.32 Å². The van der Waals surface area contributed by atoms with Gasteiger partial charge in [-0.3, -0.25) is 4.79 Å². The van der Waals surface area contributed by atoms with Gasteiger partial charge in [-0.25, -0.2) is 4.39 Å². The molecule has 92 valence electrons. The van der Waals surface area contributed by atoms with Crippen molar-refractivity contribution in [3.05, 3.63) is 34.6 Å². The predicted octanol–water partition coefficient (Wildman–Crippen LogP) is 3.38. The number of carbonyl (C=O) groups excluding carboxylic acids is 1. The molecule has 17 heavy (non-hydrogen) atoms. The molecule has 2 rings (SSSR count). The Morgan fingerprint density at radius 2 is 2.24 bits per heavy atom. The molecule has 1 aliphatic carbocycles. The summed E-state index contributed by atoms with van der Waals surface area (Å²) in [5.74, 6) is -0.721. The Kier molecular flexibility index (Phi) is 3.73. The molecule has 0 bridgehead atoms. The van der Waals surface area contributed by atoms with E-state index in [1.54, 1.807) is 0 Å². The summed E-state index contributed by atoms with van der Waals surface area (Å²) in [6.07, 6.45) is 2.26. The number of benzene rings is 1. The van der Waals surface area contributed by atoms with Crippen LogP contribution in [0, 0.1) is 11.2 Å². The smallest absolute Gasteiger partial charge is 0.251 e. The Labute approximate surface area is 113 Å². The molecule has 0 heterocycles. The first-order valence-electron chi connectivity index (χ1n) is 5.36. The highest BCUT2D eigenvalue weighted by Crippen LogP contribution is 2.46. The van der Waals surface area contributed by atoms with Crippen LogP contribution in [-0.4, -0.2) is 17.8 Å². The third-order valence-electron chi connectivity index (χ3n) is 3.05. The molecule has 1 aromatic carbocycles. The molecule has 0 spiro atoms. The van der Waals surface area contributed by atoms with Gasteiger partial charge in [-0.1, -0.05) is 27.5 Å². The van der Waals surface area contributed by atoms with Gasteiger partial charge in [0.05, 0.1) is 5.02 Å². The van der Waals surface area contributed by atoms with E-state index < -0.39 is 5.82 Å². The zero-order valence-corrected chi connectivity index (χ0v) is 11.4. The second-order valence-corrected chi connectivity index (χ2v) is 5.41. The topological polar surface area (TPSA) is 29.1 Å². The second-order valence-electron chi connectivity index (χ2n) is 4.45. The van der Waals surface area contributed by atoms with Crippen molar-refractivity contribution >= 4 is 33.4 Å². The fourth-order valence-electron chi connectivity index (χ4n) is 1.54. The summed E-state index contributed by atoms with van der Waals surface area (Å²) >= 11 is 9.06. The molecule has 1 fully saturated rings. The van der Waals surface area contributed by atoms with E-state index >= 15 is 0 Å². The van der Waals surface area contributed by atoms with Gasteiger partial charge in [-0.2, -0.15) is 0 Å². The fourth-order valence-corrected chi connectivity index (χ4v) is 2.48. The lowest BCUT2D eigenvalue weighted by Gasteiger charge is -2.12. The maximum absolute atomic E-state index is 12.9. The first kappa shape index (κ1) is 12.8. The first-order valence-corrected chi connectivity index (χ1v) is 6.85. The third-order valence-corrected chi connectivity index (χ3v) is 4.53. The summed E-state index contributed by atoms with van der Waals surface area (Å²) in [6.45, 7) is 0.645. The molecule has 1 aliphatic rings. The lowest BCUT2D eigenvalue weighted by Crippen LogP contribution is -2.30. The van der Waals surface area contributed by atoms with Crippen molar-refractivity contribution in [1.82, 2.24) is 5.32 Å². The molecule has 0 aromatic heterocycles. The molecule has 1 saturated carbocycles. The zero-order valence-electron chi connectivity index (χ0n) is 9.10. The molecule has 1 amide bonds. The number of alkyl halides is 1. The molecular weight excluding hydrogens is 308 g/mol. The van der Waals surface area contributed by atoms with Crippen molar-refractivity contribution in [1.29, 1.82) is 0 Å². The molecule has 5 heteroatoms. The van der Waals surface area contributed by atoms with Crippen LogP contribution in [0.5, 0.6) is 0 Å². The molecular formula is C12H12BrClFNO. The van der Waals surface area contributed by atoms with Gasteiger partial charge in [0.25, 0.3) is 5.91 Å². The average molecular weight is 321 g/mol. The Morgan fingerprint density at radius 3 is 2.76 bits per heavy atom. The van der Waals surface area contributed by atoms with Crippen LogP contribution in [0.3, 0.4) is 0 Å². The summed E-state index contributed by atoms with van der Waals surface area (Å²) in [4.78, 5) is 11.8. The molecule has 0 saturated heterocycles. The van der Waals surface area contributed by atoms with Crippen molar-refractivity contribution in [3.8, 4) is 0 Å². The number of amides is 1. The summed E-state index contributed by atoms with van der Waals surface area (Å²) < 4.78 is 12.9. The second kappa shape index (κ2) is 4.94. The fraction of sp³-hybridized carbons (Fsp3) is 0.417. The lowest BCUT2D eigenvalue weighted by atomic mass is 10.1. The van der Waals surface area contributed by atoms with E-state index in [0.29, 0.717) is 12.1 Å². The molecule has 0 atom stereocenters. The van der Waals surface area contributed by atoms with Crippen molar-refractivity contribution < 1.29 is 9.18 Å². The van der Waals surface area contributed by atoms with Crippen molar-refractivity contribution in [2.45, 2.75) is 12.8 Å². The van der Waals surface area contributed by atoms with E-state index in [9.17, 15) is 9.18 Å². The van der Waals surface area contributed by atoms with Gasteiger partial charge in [0.15, 0.2) is 0 Å². The summed E-state index contributed by atoms with van der Waals surface area (Å²) in [5, 5.41) is 3.71. The van der Waals surface area contributed by atoms with E-state index in [1.165, 1.54) is 18.2 Å². The largest absolute Gasteiger partial charge is 0.351 e. The molecule has 1 N–H and O–H groups in total. The number of nitrogens with one attached hydrogen (secondary N) is 1. The molecule has 0 radical (unpaired) electrons. The maximum atomic E-state index is 12.9. The Bertz CT molecular complexity index is 448. The van der Waals surface area contributed by atoms with Crippen LogP contribution in [0.1, 0.15) is 23.2 Å². The lowest BCUT2D eigenvalue weighted by molar-refractivity contribution is 0.0946. The van der Waals surface area contributed by atoms with Crippen LogP contribution in [0.4, 0.5) is 4.39 Å². The highest BCUT2D eigenvalue weighted by molar-refractivity contribution is 9.09. The summed E-state index contributed by atoms with van der Waals surface area (Å²) in [5.41, 5.74) is 0.612. The highest BCUT2D eigenvalue weighted by Gasteiger charge is 2.41. The monoisotopic (exact) mass is 319 g/mol.